The average Bonchev–Trinajstić information content (AvgIpc) is 2.86. The molecular formula is C19H30N2. The van der Waals surface area contributed by atoms with E-state index in [0.29, 0.717) is 11.8 Å². The second kappa shape index (κ2) is 5.82. The fraction of sp³-hybridized carbons (Fsp3) is 0.632. The number of para-hydroxylation sites is 1. The maximum absolute atomic E-state index is 4.81. The predicted octanol–water partition coefficient (Wildman–Crippen LogP) is 5.20. The average molecular weight is 286 g/mol. The van der Waals surface area contributed by atoms with Gasteiger partial charge in [-0.05, 0) is 23.0 Å². The number of nitrogens with zero attached hydrogens (tertiary/aromatic N) is 2. The third kappa shape index (κ3) is 3.14. The van der Waals surface area contributed by atoms with Crippen molar-refractivity contribution in [3.8, 4) is 0 Å². The lowest BCUT2D eigenvalue weighted by atomic mass is 9.89. The highest BCUT2D eigenvalue weighted by Crippen LogP contribution is 2.38. The maximum atomic E-state index is 4.81. The first kappa shape index (κ1) is 16.1. The lowest BCUT2D eigenvalue weighted by molar-refractivity contribution is 0.582. The summed E-state index contributed by atoms with van der Waals surface area (Å²) in [5.41, 5.74) is 4.39. The number of benzene rings is 1. The molecule has 0 aromatic heterocycles. The monoisotopic (exact) mass is 286 g/mol. The predicted molar refractivity (Wildman–Crippen MR) is 93.7 cm³/mol. The van der Waals surface area contributed by atoms with Crippen LogP contribution in [0.4, 0.5) is 5.69 Å². The molecule has 116 valence electrons. The van der Waals surface area contributed by atoms with E-state index in [2.05, 4.69) is 71.6 Å². The van der Waals surface area contributed by atoms with E-state index < -0.39 is 0 Å². The first-order chi connectivity index (χ1) is 9.73. The summed E-state index contributed by atoms with van der Waals surface area (Å²) in [5.74, 6) is 2.29. The van der Waals surface area contributed by atoms with Crippen LogP contribution in [0.15, 0.2) is 23.2 Å². The molecule has 21 heavy (non-hydrogen) atoms. The van der Waals surface area contributed by atoms with Gasteiger partial charge in [-0.25, -0.2) is 0 Å². The highest BCUT2D eigenvalue weighted by Gasteiger charge is 2.32. The molecule has 0 radical (unpaired) electrons. The Bertz CT molecular complexity index is 507. The lowest BCUT2D eigenvalue weighted by Gasteiger charge is -2.34. The van der Waals surface area contributed by atoms with Crippen LogP contribution < -0.4 is 4.90 Å². The molecule has 0 saturated heterocycles. The largest absolute Gasteiger partial charge is 0.327 e. The molecule has 0 N–H and O–H groups in total. The van der Waals surface area contributed by atoms with E-state index in [1.165, 1.54) is 22.6 Å². The van der Waals surface area contributed by atoms with Crippen molar-refractivity contribution < 1.29 is 0 Å². The van der Waals surface area contributed by atoms with Crippen LogP contribution in [0.3, 0.4) is 0 Å². The topological polar surface area (TPSA) is 15.6 Å². The summed E-state index contributed by atoms with van der Waals surface area (Å²) in [7, 11) is 0. The summed E-state index contributed by atoms with van der Waals surface area (Å²) < 4.78 is 0. The van der Waals surface area contributed by atoms with Gasteiger partial charge in [-0.3, -0.25) is 4.99 Å². The van der Waals surface area contributed by atoms with Crippen molar-refractivity contribution in [1.82, 2.24) is 0 Å². The van der Waals surface area contributed by atoms with Crippen LogP contribution in [0.5, 0.6) is 0 Å². The fourth-order valence-corrected chi connectivity index (χ4v) is 3.13. The van der Waals surface area contributed by atoms with Crippen LogP contribution >= 0.6 is 0 Å². The Morgan fingerprint density at radius 3 is 1.95 bits per heavy atom. The Morgan fingerprint density at radius 2 is 1.52 bits per heavy atom. The number of hydrogen-bond donors (Lipinski definition) is 0. The minimum Gasteiger partial charge on any atom is -0.327 e. The molecular weight excluding hydrogens is 256 g/mol. The van der Waals surface area contributed by atoms with Gasteiger partial charge in [0.05, 0.1) is 6.54 Å². The summed E-state index contributed by atoms with van der Waals surface area (Å²) in [4.78, 5) is 7.29. The van der Waals surface area contributed by atoms with Gasteiger partial charge in [0.1, 0.15) is 5.84 Å². The molecule has 0 atom stereocenters. The molecule has 1 aliphatic heterocycles. The molecule has 0 unspecified atom stereocenters. The van der Waals surface area contributed by atoms with E-state index in [0.717, 1.165) is 13.1 Å². The van der Waals surface area contributed by atoms with E-state index >= 15 is 0 Å². The van der Waals surface area contributed by atoms with Gasteiger partial charge < -0.3 is 4.90 Å². The smallest absolute Gasteiger partial charge is 0.109 e. The summed E-state index contributed by atoms with van der Waals surface area (Å²) >= 11 is 0. The van der Waals surface area contributed by atoms with Gasteiger partial charge in [0.15, 0.2) is 0 Å². The zero-order valence-electron chi connectivity index (χ0n) is 14.7. The van der Waals surface area contributed by atoms with Crippen molar-refractivity contribution in [3.05, 3.63) is 29.3 Å². The van der Waals surface area contributed by atoms with Crippen molar-refractivity contribution >= 4 is 11.5 Å². The molecule has 0 amide bonds. The fourth-order valence-electron chi connectivity index (χ4n) is 3.13. The highest BCUT2D eigenvalue weighted by molar-refractivity contribution is 6.03. The van der Waals surface area contributed by atoms with Crippen LogP contribution in [0.25, 0.3) is 0 Å². The Labute approximate surface area is 130 Å². The van der Waals surface area contributed by atoms with Crippen LogP contribution in [0.1, 0.15) is 71.4 Å². The minimum atomic E-state index is 0.0921. The molecule has 2 rings (SSSR count). The van der Waals surface area contributed by atoms with E-state index in [4.69, 9.17) is 4.99 Å². The van der Waals surface area contributed by atoms with Crippen LogP contribution in [0, 0.1) is 5.41 Å². The first-order valence-corrected chi connectivity index (χ1v) is 8.18. The number of aliphatic imine (C=N–C) groups is 1. The van der Waals surface area contributed by atoms with Crippen LogP contribution in [0.2, 0.25) is 0 Å². The van der Waals surface area contributed by atoms with Crippen LogP contribution in [-0.4, -0.2) is 18.9 Å². The number of amidine groups is 1. The molecule has 1 heterocycles. The first-order valence-electron chi connectivity index (χ1n) is 8.18. The van der Waals surface area contributed by atoms with E-state index in [9.17, 15) is 0 Å². The van der Waals surface area contributed by atoms with Gasteiger partial charge in [-0.15, -0.1) is 0 Å². The van der Waals surface area contributed by atoms with E-state index in [1.54, 1.807) is 0 Å². The minimum absolute atomic E-state index is 0.0921. The number of anilines is 1. The zero-order valence-corrected chi connectivity index (χ0v) is 14.7. The van der Waals surface area contributed by atoms with Crippen LogP contribution in [-0.2, 0) is 0 Å². The van der Waals surface area contributed by atoms with Gasteiger partial charge in [-0.2, -0.15) is 0 Å². The Morgan fingerprint density at radius 1 is 1.00 bits per heavy atom. The molecule has 0 fully saturated rings. The zero-order chi connectivity index (χ0) is 15.8. The summed E-state index contributed by atoms with van der Waals surface area (Å²) in [6.45, 7) is 17.8. The summed E-state index contributed by atoms with van der Waals surface area (Å²) in [5, 5.41) is 0. The van der Waals surface area contributed by atoms with Crippen molar-refractivity contribution in [2.24, 2.45) is 10.4 Å². The molecule has 1 aliphatic rings. The lowest BCUT2D eigenvalue weighted by Crippen LogP contribution is -2.38. The Balaban J connectivity index is 2.59. The summed E-state index contributed by atoms with van der Waals surface area (Å²) in [6, 6.07) is 6.77. The van der Waals surface area contributed by atoms with Crippen molar-refractivity contribution in [2.75, 3.05) is 18.0 Å². The van der Waals surface area contributed by atoms with E-state index in [1.807, 2.05) is 0 Å². The molecule has 0 bridgehead atoms. The molecule has 2 heteroatoms. The second-order valence-electron chi connectivity index (χ2n) is 7.70. The molecule has 0 spiro atoms. The Kier molecular flexibility index (Phi) is 4.46. The molecule has 1 aromatic carbocycles. The van der Waals surface area contributed by atoms with Gasteiger partial charge >= 0.3 is 0 Å². The van der Waals surface area contributed by atoms with Gasteiger partial charge in [0, 0.05) is 17.6 Å². The third-order valence-corrected chi connectivity index (χ3v) is 4.12. The number of rotatable bonds is 3. The quantitative estimate of drug-likeness (QED) is 0.746. The normalized spacial score (nSPS) is 16.0. The standard InChI is InChI=1S/C19H30N2/c1-13(2)15-9-8-10-16(14(3)4)17(15)21-12-11-20-18(21)19(5,6)7/h8-10,13-14H,11-12H2,1-7H3. The molecule has 2 nitrogen and oxygen atoms in total. The summed E-state index contributed by atoms with van der Waals surface area (Å²) in [6.07, 6.45) is 0. The van der Waals surface area contributed by atoms with Gasteiger partial charge in [0.2, 0.25) is 0 Å². The molecule has 0 saturated carbocycles. The molecule has 0 aliphatic carbocycles. The van der Waals surface area contributed by atoms with Gasteiger partial charge in [0.25, 0.3) is 0 Å². The highest BCUT2D eigenvalue weighted by atomic mass is 15.3. The second-order valence-corrected chi connectivity index (χ2v) is 7.70. The van der Waals surface area contributed by atoms with Crippen molar-refractivity contribution in [2.45, 2.75) is 60.3 Å². The SMILES string of the molecule is CC(C)c1cccc(C(C)C)c1N1CCN=C1C(C)(C)C. The van der Waals surface area contributed by atoms with Crippen molar-refractivity contribution in [3.63, 3.8) is 0 Å². The van der Waals surface area contributed by atoms with E-state index in [-0.39, 0.29) is 5.41 Å². The van der Waals surface area contributed by atoms with Crippen molar-refractivity contribution in [1.29, 1.82) is 0 Å². The Hall–Kier alpha value is -1.31. The maximum Gasteiger partial charge on any atom is 0.109 e. The number of hydrogen-bond acceptors (Lipinski definition) is 2. The van der Waals surface area contributed by atoms with Gasteiger partial charge in [-0.1, -0.05) is 66.7 Å². The third-order valence-electron chi connectivity index (χ3n) is 4.12. The molecule has 1 aromatic rings.